The molecule has 5 nitrogen and oxygen atoms in total. The maximum atomic E-state index is 13.9. The van der Waals surface area contributed by atoms with Crippen LogP contribution in [0.15, 0.2) is 18.2 Å². The molecule has 0 radical (unpaired) electrons. The standard InChI is InChI=1S/C20H25ClF2N4O/c1-13(11-27-15(3)18(21)14(2)24-27)20(28)26-9-7-25(8-10-26)12-16-5-4-6-17(22)19(16)23/h4-6,13H,7-12H2,1-3H3. The maximum Gasteiger partial charge on any atom is 0.227 e. The highest BCUT2D eigenvalue weighted by Gasteiger charge is 2.26. The smallest absolute Gasteiger partial charge is 0.227 e. The molecule has 3 rings (SSSR count). The number of amides is 1. The fourth-order valence-corrected chi connectivity index (χ4v) is 3.68. The zero-order valence-electron chi connectivity index (χ0n) is 16.4. The highest BCUT2D eigenvalue weighted by atomic mass is 35.5. The number of hydrogen-bond donors (Lipinski definition) is 0. The van der Waals surface area contributed by atoms with Gasteiger partial charge in [-0.3, -0.25) is 14.4 Å². The average Bonchev–Trinajstić information content (AvgIpc) is 2.92. The van der Waals surface area contributed by atoms with Crippen LogP contribution in [0.3, 0.4) is 0 Å². The van der Waals surface area contributed by atoms with Crippen molar-refractivity contribution in [1.82, 2.24) is 19.6 Å². The van der Waals surface area contributed by atoms with Gasteiger partial charge in [0.2, 0.25) is 5.91 Å². The van der Waals surface area contributed by atoms with Crippen LogP contribution >= 0.6 is 11.6 Å². The topological polar surface area (TPSA) is 41.4 Å². The Morgan fingerprint density at radius 1 is 1.21 bits per heavy atom. The van der Waals surface area contributed by atoms with Gasteiger partial charge in [0, 0.05) is 38.3 Å². The number of carbonyl (C=O) groups is 1. The molecule has 1 fully saturated rings. The summed E-state index contributed by atoms with van der Waals surface area (Å²) in [5.41, 5.74) is 1.97. The molecule has 1 aliphatic heterocycles. The van der Waals surface area contributed by atoms with Crippen LogP contribution in [0.25, 0.3) is 0 Å². The molecule has 0 saturated carbocycles. The molecule has 152 valence electrons. The zero-order valence-corrected chi connectivity index (χ0v) is 17.1. The van der Waals surface area contributed by atoms with E-state index in [9.17, 15) is 13.6 Å². The van der Waals surface area contributed by atoms with Crippen molar-refractivity contribution in [3.8, 4) is 0 Å². The van der Waals surface area contributed by atoms with Crippen LogP contribution in [0, 0.1) is 31.4 Å². The zero-order chi connectivity index (χ0) is 20.4. The average molecular weight is 411 g/mol. The van der Waals surface area contributed by atoms with E-state index in [1.54, 1.807) is 10.7 Å². The van der Waals surface area contributed by atoms with Crippen molar-refractivity contribution >= 4 is 17.5 Å². The summed E-state index contributed by atoms with van der Waals surface area (Å²) in [6.45, 7) is 8.83. The molecule has 2 heterocycles. The molecule has 1 aromatic heterocycles. The summed E-state index contributed by atoms with van der Waals surface area (Å²) in [4.78, 5) is 16.7. The highest BCUT2D eigenvalue weighted by molar-refractivity contribution is 6.31. The van der Waals surface area contributed by atoms with E-state index in [0.717, 1.165) is 17.5 Å². The van der Waals surface area contributed by atoms with E-state index in [1.165, 1.54) is 6.07 Å². The lowest BCUT2D eigenvalue weighted by Gasteiger charge is -2.36. The molecule has 1 aliphatic rings. The van der Waals surface area contributed by atoms with Crippen molar-refractivity contribution in [3.63, 3.8) is 0 Å². The Balaban J connectivity index is 1.54. The lowest BCUT2D eigenvalue weighted by Crippen LogP contribution is -2.50. The van der Waals surface area contributed by atoms with Gasteiger partial charge >= 0.3 is 0 Å². The minimum atomic E-state index is -0.829. The second kappa shape index (κ2) is 8.57. The predicted octanol–water partition coefficient (Wildman–Crippen LogP) is 3.41. The Morgan fingerprint density at radius 3 is 2.50 bits per heavy atom. The first kappa shape index (κ1) is 20.7. The minimum Gasteiger partial charge on any atom is -0.340 e. The second-order valence-electron chi connectivity index (χ2n) is 7.38. The number of hydrogen-bond acceptors (Lipinski definition) is 3. The summed E-state index contributed by atoms with van der Waals surface area (Å²) in [7, 11) is 0. The van der Waals surface area contributed by atoms with Gasteiger partial charge in [0.1, 0.15) is 0 Å². The minimum absolute atomic E-state index is 0.0697. The van der Waals surface area contributed by atoms with E-state index in [2.05, 4.69) is 5.10 Å². The molecule has 28 heavy (non-hydrogen) atoms. The summed E-state index contributed by atoms with van der Waals surface area (Å²) in [6, 6.07) is 4.23. The third-order valence-corrected chi connectivity index (χ3v) is 5.82. The van der Waals surface area contributed by atoms with Crippen molar-refractivity contribution in [1.29, 1.82) is 0 Å². The number of halogens is 3. The van der Waals surface area contributed by atoms with Crippen LogP contribution in [0.5, 0.6) is 0 Å². The van der Waals surface area contributed by atoms with E-state index in [-0.39, 0.29) is 11.8 Å². The van der Waals surface area contributed by atoms with Gasteiger partial charge in [-0.05, 0) is 19.9 Å². The van der Waals surface area contributed by atoms with Crippen molar-refractivity contribution in [2.75, 3.05) is 26.2 Å². The number of piperazine rings is 1. The molecule has 1 aromatic carbocycles. The summed E-state index contributed by atoms with van der Waals surface area (Å²) >= 11 is 6.18. The first-order chi connectivity index (χ1) is 13.3. The lowest BCUT2D eigenvalue weighted by atomic mass is 10.1. The molecule has 1 unspecified atom stereocenters. The quantitative estimate of drug-likeness (QED) is 0.758. The molecular weight excluding hydrogens is 386 g/mol. The second-order valence-corrected chi connectivity index (χ2v) is 7.76. The van der Waals surface area contributed by atoms with Crippen LogP contribution in [-0.2, 0) is 17.9 Å². The number of benzene rings is 1. The van der Waals surface area contributed by atoms with Crippen molar-refractivity contribution in [2.24, 2.45) is 5.92 Å². The number of rotatable bonds is 5. The van der Waals surface area contributed by atoms with Gasteiger partial charge in [-0.1, -0.05) is 30.7 Å². The first-order valence-electron chi connectivity index (χ1n) is 9.41. The van der Waals surface area contributed by atoms with Crippen LogP contribution in [0.2, 0.25) is 5.02 Å². The number of carbonyl (C=O) groups excluding carboxylic acids is 1. The predicted molar refractivity (Wildman–Crippen MR) is 104 cm³/mol. The molecular formula is C20H25ClF2N4O. The SMILES string of the molecule is Cc1nn(CC(C)C(=O)N2CCN(Cc3cccc(F)c3F)CC2)c(C)c1Cl. The molecule has 1 saturated heterocycles. The van der Waals surface area contributed by atoms with Gasteiger partial charge in [0.15, 0.2) is 11.6 Å². The molecule has 0 aliphatic carbocycles. The van der Waals surface area contributed by atoms with E-state index in [4.69, 9.17) is 11.6 Å². The van der Waals surface area contributed by atoms with Crippen LogP contribution in [0.1, 0.15) is 23.9 Å². The molecule has 2 aromatic rings. The van der Waals surface area contributed by atoms with Gasteiger partial charge in [-0.2, -0.15) is 5.10 Å². The Bertz CT molecular complexity index is 862. The third-order valence-electron chi connectivity index (χ3n) is 5.27. The Labute approximate surface area is 168 Å². The van der Waals surface area contributed by atoms with Crippen molar-refractivity contribution in [3.05, 3.63) is 51.8 Å². The van der Waals surface area contributed by atoms with E-state index in [0.29, 0.717) is 49.9 Å². The van der Waals surface area contributed by atoms with E-state index < -0.39 is 11.6 Å². The van der Waals surface area contributed by atoms with Gasteiger partial charge in [-0.25, -0.2) is 8.78 Å². The number of aromatic nitrogens is 2. The highest BCUT2D eigenvalue weighted by Crippen LogP contribution is 2.21. The van der Waals surface area contributed by atoms with Gasteiger partial charge in [0.25, 0.3) is 0 Å². The lowest BCUT2D eigenvalue weighted by molar-refractivity contribution is -0.137. The third kappa shape index (κ3) is 4.36. The van der Waals surface area contributed by atoms with Crippen molar-refractivity contribution < 1.29 is 13.6 Å². The molecule has 0 N–H and O–H groups in total. The Kier molecular flexibility index (Phi) is 6.35. The van der Waals surface area contributed by atoms with Gasteiger partial charge in [0.05, 0.1) is 28.9 Å². The number of nitrogens with zero attached hydrogens (tertiary/aromatic N) is 4. The Morgan fingerprint density at radius 2 is 1.89 bits per heavy atom. The van der Waals surface area contributed by atoms with Gasteiger partial charge in [-0.15, -0.1) is 0 Å². The number of aryl methyl sites for hydroxylation is 1. The Hall–Kier alpha value is -1.99. The summed E-state index contributed by atoms with van der Waals surface area (Å²) in [5.74, 6) is -1.77. The first-order valence-corrected chi connectivity index (χ1v) is 9.79. The molecule has 0 spiro atoms. The maximum absolute atomic E-state index is 13.9. The molecule has 1 atom stereocenters. The normalized spacial score (nSPS) is 16.4. The summed E-state index contributed by atoms with van der Waals surface area (Å²) in [6.07, 6.45) is 0. The van der Waals surface area contributed by atoms with Crippen LogP contribution in [-0.4, -0.2) is 51.7 Å². The van der Waals surface area contributed by atoms with E-state index in [1.807, 2.05) is 30.6 Å². The molecule has 0 bridgehead atoms. The van der Waals surface area contributed by atoms with Crippen LogP contribution in [0.4, 0.5) is 8.78 Å². The van der Waals surface area contributed by atoms with Gasteiger partial charge < -0.3 is 4.90 Å². The largest absolute Gasteiger partial charge is 0.340 e. The van der Waals surface area contributed by atoms with E-state index >= 15 is 0 Å². The summed E-state index contributed by atoms with van der Waals surface area (Å²) < 4.78 is 29.0. The summed E-state index contributed by atoms with van der Waals surface area (Å²) in [5, 5.41) is 5.03. The molecule has 1 amide bonds. The van der Waals surface area contributed by atoms with Crippen LogP contribution < -0.4 is 0 Å². The van der Waals surface area contributed by atoms with Crippen molar-refractivity contribution in [2.45, 2.75) is 33.9 Å². The molecule has 8 heteroatoms. The fraction of sp³-hybridized carbons (Fsp3) is 0.500. The monoisotopic (exact) mass is 410 g/mol. The fourth-order valence-electron chi connectivity index (χ4n) is 3.54.